The fourth-order valence-electron chi connectivity index (χ4n) is 5.60. The van der Waals surface area contributed by atoms with E-state index >= 15 is 0 Å². The highest BCUT2D eigenvalue weighted by Gasteiger charge is 2.37. The molecule has 1 heterocycles. The van der Waals surface area contributed by atoms with Crippen LogP contribution in [0.5, 0.6) is 0 Å². The van der Waals surface area contributed by atoms with E-state index in [0.29, 0.717) is 17.9 Å². The van der Waals surface area contributed by atoms with Gasteiger partial charge >= 0.3 is 0 Å². The van der Waals surface area contributed by atoms with E-state index in [1.165, 1.54) is 54.4 Å². The molecule has 3 nitrogen and oxygen atoms in total. The molecule has 2 aromatic carbocycles. The second kappa shape index (κ2) is 9.99. The van der Waals surface area contributed by atoms with E-state index in [4.69, 9.17) is 0 Å². The Balaban J connectivity index is 1.53. The predicted molar refractivity (Wildman–Crippen MR) is 128 cm³/mol. The molecular weight excluding hydrogens is 380 g/mol. The van der Waals surface area contributed by atoms with Crippen LogP contribution in [0.25, 0.3) is 0 Å². The molecule has 3 heteroatoms. The van der Waals surface area contributed by atoms with Crippen molar-refractivity contribution in [1.29, 1.82) is 0 Å². The average Bonchev–Trinajstić information content (AvgIpc) is 3.17. The summed E-state index contributed by atoms with van der Waals surface area (Å²) in [4.78, 5) is 17.5. The Hall–Kier alpha value is -2.13. The summed E-state index contributed by atoms with van der Waals surface area (Å²) < 4.78 is 0. The van der Waals surface area contributed by atoms with Gasteiger partial charge < -0.3 is 4.90 Å². The second-order valence-electron chi connectivity index (χ2n) is 9.92. The van der Waals surface area contributed by atoms with E-state index in [9.17, 15) is 4.79 Å². The Morgan fingerprint density at radius 1 is 0.903 bits per heavy atom. The van der Waals surface area contributed by atoms with Crippen LogP contribution in [0.2, 0.25) is 0 Å². The minimum absolute atomic E-state index is 0.256. The van der Waals surface area contributed by atoms with Crippen LogP contribution in [-0.2, 0) is 11.3 Å². The van der Waals surface area contributed by atoms with E-state index in [-0.39, 0.29) is 5.91 Å². The summed E-state index contributed by atoms with van der Waals surface area (Å²) in [6.07, 6.45) is 6.20. The van der Waals surface area contributed by atoms with Crippen molar-refractivity contribution in [2.45, 2.75) is 71.4 Å². The van der Waals surface area contributed by atoms with Gasteiger partial charge in [0.15, 0.2) is 0 Å². The number of rotatable bonds is 6. The second-order valence-corrected chi connectivity index (χ2v) is 9.92. The topological polar surface area (TPSA) is 23.6 Å². The summed E-state index contributed by atoms with van der Waals surface area (Å²) in [6, 6.07) is 18.5. The lowest BCUT2D eigenvalue weighted by Gasteiger charge is -2.36. The minimum Gasteiger partial charge on any atom is -0.340 e. The lowest BCUT2D eigenvalue weighted by molar-refractivity contribution is -0.132. The zero-order valence-corrected chi connectivity index (χ0v) is 19.5. The Labute approximate surface area is 188 Å². The minimum atomic E-state index is 0.256. The molecule has 4 rings (SSSR count). The summed E-state index contributed by atoms with van der Waals surface area (Å²) in [5.41, 5.74) is 5.42. The van der Waals surface area contributed by atoms with Crippen LogP contribution in [0.3, 0.4) is 0 Å². The summed E-state index contributed by atoms with van der Waals surface area (Å²) in [6.45, 7) is 10.1. The lowest BCUT2D eigenvalue weighted by Crippen LogP contribution is -2.44. The molecule has 2 atom stereocenters. The van der Waals surface area contributed by atoms with Crippen LogP contribution in [0.1, 0.15) is 67.2 Å². The highest BCUT2D eigenvalue weighted by atomic mass is 16.2. The van der Waals surface area contributed by atoms with Gasteiger partial charge in [-0.15, -0.1) is 0 Å². The van der Waals surface area contributed by atoms with E-state index in [1.807, 2.05) is 0 Å². The number of carbonyl (C=O) groups is 1. The SMILES string of the molecule is CC(=O)N(C[C@H]1CN(Cc2ccc(C)cc2)C[C@H]1c1ccc(C)cc1)C1CCCCC1. The number of likely N-dealkylation sites (tertiary alicyclic amines) is 1. The fraction of sp³-hybridized carbons (Fsp3) is 0.536. The van der Waals surface area contributed by atoms with Crippen molar-refractivity contribution in [2.75, 3.05) is 19.6 Å². The molecule has 2 fully saturated rings. The molecule has 2 aliphatic rings. The van der Waals surface area contributed by atoms with Crippen LogP contribution < -0.4 is 0 Å². The summed E-state index contributed by atoms with van der Waals surface area (Å²) in [5, 5.41) is 0. The van der Waals surface area contributed by atoms with Crippen molar-refractivity contribution in [2.24, 2.45) is 5.92 Å². The smallest absolute Gasteiger partial charge is 0.219 e. The van der Waals surface area contributed by atoms with Crippen molar-refractivity contribution >= 4 is 5.91 Å². The molecular formula is C28H38N2O. The number of hydrogen-bond donors (Lipinski definition) is 0. The summed E-state index contributed by atoms with van der Waals surface area (Å²) >= 11 is 0. The molecule has 1 saturated carbocycles. The van der Waals surface area contributed by atoms with Gasteiger partial charge in [0.25, 0.3) is 0 Å². The maximum atomic E-state index is 12.6. The van der Waals surface area contributed by atoms with Gasteiger partial charge in [-0.2, -0.15) is 0 Å². The third kappa shape index (κ3) is 5.57. The number of amides is 1. The molecule has 31 heavy (non-hydrogen) atoms. The predicted octanol–water partition coefficient (Wildman–Crippen LogP) is 5.70. The van der Waals surface area contributed by atoms with Crippen molar-refractivity contribution in [3.05, 3.63) is 70.8 Å². The summed E-state index contributed by atoms with van der Waals surface area (Å²) in [7, 11) is 0. The number of nitrogens with zero attached hydrogens (tertiary/aromatic N) is 2. The van der Waals surface area contributed by atoms with Crippen molar-refractivity contribution in [3.8, 4) is 0 Å². The Bertz CT molecular complexity index is 852. The van der Waals surface area contributed by atoms with Crippen LogP contribution in [0.15, 0.2) is 48.5 Å². The van der Waals surface area contributed by atoms with Crippen molar-refractivity contribution < 1.29 is 4.79 Å². The molecule has 2 aromatic rings. The zero-order valence-electron chi connectivity index (χ0n) is 19.5. The maximum Gasteiger partial charge on any atom is 0.219 e. The normalized spacial score (nSPS) is 22.5. The van der Waals surface area contributed by atoms with Crippen molar-refractivity contribution in [1.82, 2.24) is 9.80 Å². The highest BCUT2D eigenvalue weighted by molar-refractivity contribution is 5.73. The number of carbonyl (C=O) groups excluding carboxylic acids is 1. The van der Waals surface area contributed by atoms with E-state index in [1.54, 1.807) is 6.92 Å². The van der Waals surface area contributed by atoms with Gasteiger partial charge in [0.1, 0.15) is 0 Å². The molecule has 0 aromatic heterocycles. The Morgan fingerprint density at radius 2 is 1.52 bits per heavy atom. The first-order valence-electron chi connectivity index (χ1n) is 12.1. The summed E-state index contributed by atoms with van der Waals surface area (Å²) in [5.74, 6) is 1.22. The highest BCUT2D eigenvalue weighted by Crippen LogP contribution is 2.35. The van der Waals surface area contributed by atoms with Gasteiger partial charge in [-0.3, -0.25) is 9.69 Å². The molecule has 0 radical (unpaired) electrons. The van der Waals surface area contributed by atoms with Gasteiger partial charge in [-0.1, -0.05) is 78.9 Å². The number of benzene rings is 2. The van der Waals surface area contributed by atoms with Gasteiger partial charge in [0.2, 0.25) is 5.91 Å². The molecule has 0 N–H and O–H groups in total. The zero-order chi connectivity index (χ0) is 21.8. The fourth-order valence-corrected chi connectivity index (χ4v) is 5.60. The Kier molecular flexibility index (Phi) is 7.12. The number of hydrogen-bond acceptors (Lipinski definition) is 2. The third-order valence-electron chi connectivity index (χ3n) is 7.40. The largest absolute Gasteiger partial charge is 0.340 e. The number of aryl methyl sites for hydroxylation is 2. The lowest BCUT2D eigenvalue weighted by atomic mass is 9.87. The van der Waals surface area contributed by atoms with E-state index < -0.39 is 0 Å². The van der Waals surface area contributed by atoms with E-state index in [0.717, 1.165) is 26.2 Å². The Morgan fingerprint density at radius 3 is 2.13 bits per heavy atom. The molecule has 166 valence electrons. The van der Waals surface area contributed by atoms with Crippen molar-refractivity contribution in [3.63, 3.8) is 0 Å². The van der Waals surface area contributed by atoms with Crippen LogP contribution in [0, 0.1) is 19.8 Å². The molecule has 0 bridgehead atoms. The van der Waals surface area contributed by atoms with Crippen LogP contribution in [0.4, 0.5) is 0 Å². The molecule has 1 aliphatic heterocycles. The first-order chi connectivity index (χ1) is 15.0. The van der Waals surface area contributed by atoms with Gasteiger partial charge in [-0.05, 0) is 43.7 Å². The quantitative estimate of drug-likeness (QED) is 0.601. The van der Waals surface area contributed by atoms with Gasteiger partial charge in [0, 0.05) is 45.1 Å². The first kappa shape index (κ1) is 22.1. The molecule has 1 aliphatic carbocycles. The third-order valence-corrected chi connectivity index (χ3v) is 7.40. The average molecular weight is 419 g/mol. The molecule has 0 spiro atoms. The maximum absolute atomic E-state index is 12.6. The monoisotopic (exact) mass is 418 g/mol. The standard InChI is InChI=1S/C28H38N2O/c1-21-9-13-24(14-10-21)17-29-18-26(28(20-29)25-15-11-22(2)12-16-25)19-30(23(3)31)27-7-5-4-6-8-27/h9-16,26-28H,4-8,17-20H2,1-3H3/t26-,28+/m1/s1. The first-order valence-corrected chi connectivity index (χ1v) is 12.1. The van der Waals surface area contributed by atoms with Crippen LogP contribution >= 0.6 is 0 Å². The molecule has 1 amide bonds. The van der Waals surface area contributed by atoms with Gasteiger partial charge in [-0.25, -0.2) is 0 Å². The molecule has 0 unspecified atom stereocenters. The van der Waals surface area contributed by atoms with Crippen LogP contribution in [-0.4, -0.2) is 41.4 Å². The van der Waals surface area contributed by atoms with Gasteiger partial charge in [0.05, 0.1) is 0 Å². The van der Waals surface area contributed by atoms with E-state index in [2.05, 4.69) is 72.2 Å². The molecule has 1 saturated heterocycles.